The molecule has 0 bridgehead atoms. The second-order valence-corrected chi connectivity index (χ2v) is 8.66. The summed E-state index contributed by atoms with van der Waals surface area (Å²) in [5.41, 5.74) is 0.944. The fourth-order valence-electron chi connectivity index (χ4n) is 3.92. The molecule has 0 saturated carbocycles. The van der Waals surface area contributed by atoms with Gasteiger partial charge in [0.2, 0.25) is 0 Å². The molecule has 5 rings (SSSR count). The van der Waals surface area contributed by atoms with Gasteiger partial charge in [0.05, 0.1) is 11.6 Å². The van der Waals surface area contributed by atoms with Gasteiger partial charge < -0.3 is 9.42 Å². The van der Waals surface area contributed by atoms with Crippen LogP contribution in [0.3, 0.4) is 0 Å². The number of halogens is 4. The Morgan fingerprint density at radius 2 is 1.94 bits per heavy atom. The number of fused-ring (bicyclic) bond motifs is 1. The fourth-order valence-corrected chi connectivity index (χ4v) is 3.92. The van der Waals surface area contributed by atoms with Crippen molar-refractivity contribution < 1.29 is 26.9 Å². The summed E-state index contributed by atoms with van der Waals surface area (Å²) in [5, 5.41) is 8.63. The highest BCUT2D eigenvalue weighted by atomic mass is 19.4. The number of alkyl halides is 3. The molecular formula is C23H19F4N7O2. The number of hydrogen-bond acceptors (Lipinski definition) is 7. The molecule has 5 heterocycles. The zero-order valence-electron chi connectivity index (χ0n) is 19.1. The van der Waals surface area contributed by atoms with E-state index < -0.39 is 23.6 Å². The number of pyridine rings is 2. The zero-order chi connectivity index (χ0) is 25.8. The van der Waals surface area contributed by atoms with Crippen molar-refractivity contribution in [3.05, 3.63) is 54.5 Å². The molecule has 1 aliphatic rings. The summed E-state index contributed by atoms with van der Waals surface area (Å²) in [7, 11) is 0. The molecule has 0 aromatic carbocycles. The van der Waals surface area contributed by atoms with Gasteiger partial charge >= 0.3 is 6.18 Å². The number of carbonyl (C=O) groups is 1. The van der Waals surface area contributed by atoms with Gasteiger partial charge in [0.1, 0.15) is 22.4 Å². The van der Waals surface area contributed by atoms with Crippen molar-refractivity contribution >= 4 is 16.9 Å². The first kappa shape index (κ1) is 23.6. The molecule has 1 fully saturated rings. The summed E-state index contributed by atoms with van der Waals surface area (Å²) < 4.78 is 59.4. The second kappa shape index (κ2) is 8.50. The topological polar surface area (TPSA) is 103 Å². The third-order valence-corrected chi connectivity index (χ3v) is 5.83. The van der Waals surface area contributed by atoms with Gasteiger partial charge in [0.15, 0.2) is 11.7 Å². The molecule has 13 heteroatoms. The van der Waals surface area contributed by atoms with Crippen molar-refractivity contribution in [2.45, 2.75) is 32.0 Å². The lowest BCUT2D eigenvalue weighted by atomic mass is 10.1. The third kappa shape index (κ3) is 3.99. The van der Waals surface area contributed by atoms with Crippen molar-refractivity contribution in [1.82, 2.24) is 34.8 Å². The number of carbonyl (C=O) groups excluding carboxylic acids is 1. The van der Waals surface area contributed by atoms with E-state index in [-0.39, 0.29) is 36.6 Å². The molecule has 0 N–H and O–H groups in total. The van der Waals surface area contributed by atoms with Crippen LogP contribution in [0.2, 0.25) is 0 Å². The van der Waals surface area contributed by atoms with E-state index in [0.717, 1.165) is 12.3 Å². The van der Waals surface area contributed by atoms with Crippen LogP contribution in [0.5, 0.6) is 0 Å². The molecule has 9 nitrogen and oxygen atoms in total. The molecule has 0 spiro atoms. The van der Waals surface area contributed by atoms with E-state index >= 15 is 0 Å². The van der Waals surface area contributed by atoms with E-state index in [0.29, 0.717) is 28.0 Å². The van der Waals surface area contributed by atoms with Crippen LogP contribution in [0.15, 0.2) is 47.5 Å². The first-order valence-electron chi connectivity index (χ1n) is 10.9. The van der Waals surface area contributed by atoms with Gasteiger partial charge in [0.25, 0.3) is 11.8 Å². The summed E-state index contributed by atoms with van der Waals surface area (Å²) >= 11 is 0. The smallest absolute Gasteiger partial charge is 0.334 e. The highest BCUT2D eigenvalue weighted by Gasteiger charge is 2.37. The lowest BCUT2D eigenvalue weighted by Gasteiger charge is -2.39. The summed E-state index contributed by atoms with van der Waals surface area (Å²) in [6.45, 7) is 7.17. The second-order valence-electron chi connectivity index (χ2n) is 8.66. The van der Waals surface area contributed by atoms with Crippen LogP contribution in [0, 0.1) is 0 Å². The van der Waals surface area contributed by atoms with Crippen molar-refractivity contribution in [3.63, 3.8) is 0 Å². The van der Waals surface area contributed by atoms with Gasteiger partial charge in [-0.3, -0.25) is 19.4 Å². The maximum atomic E-state index is 13.3. The molecule has 4 aromatic heterocycles. The fraction of sp³-hybridized carbons (Fsp3) is 0.304. The molecule has 1 aliphatic heterocycles. The molecule has 0 unspecified atom stereocenters. The van der Waals surface area contributed by atoms with Gasteiger partial charge in [-0.2, -0.15) is 23.3 Å². The predicted molar refractivity (Wildman–Crippen MR) is 119 cm³/mol. The van der Waals surface area contributed by atoms with Crippen LogP contribution in [0.25, 0.3) is 33.7 Å². The molecule has 1 amide bonds. The normalized spacial score (nSPS) is 14.5. The Bertz CT molecular complexity index is 1470. The monoisotopic (exact) mass is 501 g/mol. The highest BCUT2D eigenvalue weighted by Crippen LogP contribution is 2.37. The minimum atomic E-state index is -4.58. The van der Waals surface area contributed by atoms with Gasteiger partial charge in [-0.05, 0) is 18.2 Å². The number of nitrogens with zero attached hydrogens (tertiary/aromatic N) is 7. The van der Waals surface area contributed by atoms with Crippen molar-refractivity contribution in [3.8, 4) is 22.7 Å². The number of amides is 1. The van der Waals surface area contributed by atoms with Gasteiger partial charge in [-0.15, -0.1) is 0 Å². The van der Waals surface area contributed by atoms with Crippen LogP contribution >= 0.6 is 0 Å². The van der Waals surface area contributed by atoms with E-state index in [2.05, 4.69) is 31.8 Å². The predicted octanol–water partition coefficient (Wildman–Crippen LogP) is 4.55. The molecule has 1 saturated heterocycles. The Labute approximate surface area is 201 Å². The molecule has 4 aromatic rings. The largest absolute Gasteiger partial charge is 0.433 e. The molecule has 0 radical (unpaired) electrons. The molecular weight excluding hydrogens is 482 g/mol. The first-order chi connectivity index (χ1) is 17.0. The van der Waals surface area contributed by atoms with E-state index in [1.807, 2.05) is 13.8 Å². The average molecular weight is 501 g/mol. The van der Waals surface area contributed by atoms with Gasteiger partial charge in [-0.1, -0.05) is 25.6 Å². The minimum absolute atomic E-state index is 0.0125. The average Bonchev–Trinajstić information content (AvgIpc) is 3.43. The van der Waals surface area contributed by atoms with Gasteiger partial charge in [0, 0.05) is 37.0 Å². The minimum Gasteiger partial charge on any atom is -0.334 e. The summed E-state index contributed by atoms with van der Waals surface area (Å²) in [6.07, 6.45) is -2.00. The lowest BCUT2D eigenvalue weighted by molar-refractivity contribution is -0.141. The molecule has 36 heavy (non-hydrogen) atoms. The third-order valence-electron chi connectivity index (χ3n) is 5.83. The number of likely N-dealkylation sites (tertiary alicyclic amines) is 1. The van der Waals surface area contributed by atoms with E-state index in [4.69, 9.17) is 4.52 Å². The van der Waals surface area contributed by atoms with Crippen LogP contribution < -0.4 is 0 Å². The quantitative estimate of drug-likeness (QED) is 0.292. The summed E-state index contributed by atoms with van der Waals surface area (Å²) in [6, 6.07) is 3.44. The lowest BCUT2D eigenvalue weighted by Crippen LogP contribution is -2.51. The Balaban J connectivity index is 1.63. The maximum Gasteiger partial charge on any atom is 0.433 e. The molecule has 0 atom stereocenters. The number of hydrogen-bond donors (Lipinski definition) is 0. The zero-order valence-corrected chi connectivity index (χ0v) is 19.1. The van der Waals surface area contributed by atoms with E-state index in [1.54, 1.807) is 10.7 Å². The molecule has 186 valence electrons. The van der Waals surface area contributed by atoms with Gasteiger partial charge in [-0.25, -0.2) is 4.39 Å². The van der Waals surface area contributed by atoms with Crippen molar-refractivity contribution in [1.29, 1.82) is 0 Å². The Hall–Kier alpha value is -4.16. The summed E-state index contributed by atoms with van der Waals surface area (Å²) in [5.74, 6) is -1.15. The number of aromatic nitrogens is 6. The number of rotatable bonds is 5. The van der Waals surface area contributed by atoms with Crippen LogP contribution in [0.1, 0.15) is 37.3 Å². The van der Waals surface area contributed by atoms with Crippen LogP contribution in [0.4, 0.5) is 17.6 Å². The first-order valence-corrected chi connectivity index (χ1v) is 10.9. The SMILES string of the molecule is C=C(F)C(=O)N1CC(n2nc(-c3ccc(C(F)(F)F)nc3)c3nccc(-c4nc(C(C)C)no4)c32)C1. The van der Waals surface area contributed by atoms with E-state index in [1.165, 1.54) is 17.2 Å². The van der Waals surface area contributed by atoms with E-state index in [9.17, 15) is 22.4 Å². The summed E-state index contributed by atoms with van der Waals surface area (Å²) in [4.78, 5) is 25.6. The Morgan fingerprint density at radius 1 is 1.19 bits per heavy atom. The Morgan fingerprint density at radius 3 is 2.53 bits per heavy atom. The van der Waals surface area contributed by atoms with Crippen LogP contribution in [-0.2, 0) is 11.0 Å². The van der Waals surface area contributed by atoms with Crippen LogP contribution in [-0.4, -0.2) is 53.8 Å². The highest BCUT2D eigenvalue weighted by molar-refractivity contribution is 5.98. The maximum absolute atomic E-state index is 13.3. The molecule has 0 aliphatic carbocycles. The standard InChI is InChI=1S/C23H19F4N7O2/c1-11(2)20-30-21(36-32-20)15-6-7-28-18-17(13-4-5-16(29-8-13)23(25,26)27)31-34(19(15)18)14-9-33(10-14)22(35)12(3)24/h4-8,11,14H,3,9-10H2,1-2H3. The van der Waals surface area contributed by atoms with Crippen molar-refractivity contribution in [2.24, 2.45) is 0 Å². The Kier molecular flexibility index (Phi) is 5.57. The van der Waals surface area contributed by atoms with Crippen molar-refractivity contribution in [2.75, 3.05) is 13.1 Å².